The first-order valence-electron chi connectivity index (χ1n) is 7.89. The first-order valence-corrected chi connectivity index (χ1v) is 8.27. The van der Waals surface area contributed by atoms with Gasteiger partial charge < -0.3 is 25.0 Å². The molecule has 0 saturated heterocycles. The van der Waals surface area contributed by atoms with E-state index in [-0.39, 0.29) is 11.6 Å². The molecule has 0 saturated carbocycles. The van der Waals surface area contributed by atoms with Gasteiger partial charge in [0.25, 0.3) is 5.91 Å². The number of carbonyl (C=O) groups is 1. The lowest BCUT2D eigenvalue weighted by Crippen LogP contribution is -2.31. The molecule has 2 N–H and O–H groups in total. The number of anilines is 2. The van der Waals surface area contributed by atoms with Crippen molar-refractivity contribution in [2.45, 2.75) is 0 Å². The van der Waals surface area contributed by atoms with Crippen LogP contribution in [0.2, 0.25) is 5.02 Å². The number of nitrogens with zero attached hydrogens (tertiary/aromatic N) is 3. The van der Waals surface area contributed by atoms with Crippen LogP contribution in [0.5, 0.6) is 11.5 Å². The van der Waals surface area contributed by atoms with Gasteiger partial charge in [0.15, 0.2) is 11.5 Å². The quantitative estimate of drug-likeness (QED) is 0.726. The first-order chi connectivity index (χ1) is 12.4. The van der Waals surface area contributed by atoms with Crippen molar-refractivity contribution < 1.29 is 14.3 Å². The van der Waals surface area contributed by atoms with E-state index in [1.54, 1.807) is 24.3 Å². The Morgan fingerprint density at radius 2 is 1.88 bits per heavy atom. The summed E-state index contributed by atoms with van der Waals surface area (Å²) in [7, 11) is 6.94. The van der Waals surface area contributed by atoms with Gasteiger partial charge in [-0.3, -0.25) is 4.79 Å². The van der Waals surface area contributed by atoms with Gasteiger partial charge in [-0.05, 0) is 26.2 Å². The van der Waals surface area contributed by atoms with E-state index in [0.717, 1.165) is 6.54 Å². The summed E-state index contributed by atoms with van der Waals surface area (Å²) < 4.78 is 10.5. The van der Waals surface area contributed by atoms with Crippen molar-refractivity contribution in [3.63, 3.8) is 0 Å². The van der Waals surface area contributed by atoms with Gasteiger partial charge in [-0.1, -0.05) is 11.6 Å². The fraction of sp³-hybridized carbons (Fsp3) is 0.353. The Morgan fingerprint density at radius 1 is 1.15 bits per heavy atom. The number of ether oxygens (including phenoxy) is 2. The monoisotopic (exact) mass is 379 g/mol. The molecule has 0 atom stereocenters. The largest absolute Gasteiger partial charge is 0.495 e. The van der Waals surface area contributed by atoms with Gasteiger partial charge in [0.2, 0.25) is 0 Å². The van der Waals surface area contributed by atoms with Crippen LogP contribution >= 0.6 is 11.6 Å². The summed E-state index contributed by atoms with van der Waals surface area (Å²) in [5.74, 6) is 1.22. The molecule has 2 rings (SSSR count). The molecule has 8 nitrogen and oxygen atoms in total. The zero-order chi connectivity index (χ0) is 19.1. The van der Waals surface area contributed by atoms with Gasteiger partial charge in [-0.2, -0.15) is 0 Å². The summed E-state index contributed by atoms with van der Waals surface area (Å²) in [5.41, 5.74) is 0.862. The third-order valence-electron chi connectivity index (χ3n) is 3.48. The minimum atomic E-state index is -0.267. The second kappa shape index (κ2) is 9.21. The smallest absolute Gasteiger partial charge is 0.271 e. The Kier molecular flexibility index (Phi) is 6.99. The number of aromatic nitrogens is 2. The van der Waals surface area contributed by atoms with Crippen molar-refractivity contribution in [1.82, 2.24) is 20.4 Å². The average Bonchev–Trinajstić information content (AvgIpc) is 2.63. The number of hydrogen-bond acceptors (Lipinski definition) is 7. The Bertz CT molecular complexity index is 753. The van der Waals surface area contributed by atoms with E-state index >= 15 is 0 Å². The van der Waals surface area contributed by atoms with Crippen LogP contribution in [0.15, 0.2) is 24.3 Å². The molecule has 1 heterocycles. The zero-order valence-corrected chi connectivity index (χ0v) is 15.9. The molecule has 0 bridgehead atoms. The van der Waals surface area contributed by atoms with Gasteiger partial charge in [-0.25, -0.2) is 0 Å². The van der Waals surface area contributed by atoms with E-state index in [1.165, 1.54) is 14.2 Å². The van der Waals surface area contributed by atoms with Crippen molar-refractivity contribution >= 4 is 29.0 Å². The fourth-order valence-electron chi connectivity index (χ4n) is 2.10. The van der Waals surface area contributed by atoms with E-state index in [9.17, 15) is 4.79 Å². The SMILES string of the molecule is COc1cc(Nc2ccc(C(=O)NCCN(C)C)nn2)c(OC)cc1Cl. The highest BCUT2D eigenvalue weighted by molar-refractivity contribution is 6.32. The summed E-state index contributed by atoms with van der Waals surface area (Å²) in [6.45, 7) is 1.28. The first kappa shape index (κ1) is 19.7. The number of methoxy groups -OCH3 is 2. The number of carbonyl (C=O) groups excluding carboxylic acids is 1. The lowest BCUT2D eigenvalue weighted by Gasteiger charge is -2.13. The van der Waals surface area contributed by atoms with Crippen molar-refractivity contribution in [2.24, 2.45) is 0 Å². The van der Waals surface area contributed by atoms with Gasteiger partial charge in [-0.15, -0.1) is 10.2 Å². The molecule has 1 aromatic heterocycles. The van der Waals surface area contributed by atoms with Crippen LogP contribution in [-0.2, 0) is 0 Å². The summed E-state index contributed by atoms with van der Waals surface area (Å²) >= 11 is 6.09. The maximum atomic E-state index is 12.0. The molecule has 9 heteroatoms. The molecule has 26 heavy (non-hydrogen) atoms. The molecule has 0 aliphatic carbocycles. The average molecular weight is 380 g/mol. The normalized spacial score (nSPS) is 10.5. The third-order valence-corrected chi connectivity index (χ3v) is 3.77. The predicted molar refractivity (Wildman–Crippen MR) is 101 cm³/mol. The number of amides is 1. The minimum absolute atomic E-state index is 0.245. The molecule has 0 spiro atoms. The lowest BCUT2D eigenvalue weighted by molar-refractivity contribution is 0.0945. The van der Waals surface area contributed by atoms with Gasteiger partial charge in [0.05, 0.1) is 24.9 Å². The Balaban J connectivity index is 2.08. The maximum absolute atomic E-state index is 12.0. The number of rotatable bonds is 8. The summed E-state index contributed by atoms with van der Waals surface area (Å²) in [4.78, 5) is 14.0. The minimum Gasteiger partial charge on any atom is -0.495 e. The molecule has 1 amide bonds. The highest BCUT2D eigenvalue weighted by atomic mass is 35.5. The molecule has 0 aliphatic rings. The van der Waals surface area contributed by atoms with Gasteiger partial charge in [0, 0.05) is 25.2 Å². The standard InChI is InChI=1S/C17H22ClN5O3/c1-23(2)8-7-19-17(24)12-5-6-16(22-21-12)20-13-10-14(25-3)11(18)9-15(13)26-4/h5-6,9-10H,7-8H2,1-4H3,(H,19,24)(H,20,22). The lowest BCUT2D eigenvalue weighted by atomic mass is 10.2. The summed E-state index contributed by atoms with van der Waals surface area (Å²) in [6, 6.07) is 6.60. The van der Waals surface area contributed by atoms with Crippen molar-refractivity contribution in [3.05, 3.63) is 35.0 Å². The van der Waals surface area contributed by atoms with Crippen LogP contribution in [0.4, 0.5) is 11.5 Å². The van der Waals surface area contributed by atoms with Crippen LogP contribution in [0.3, 0.4) is 0 Å². The molecule has 0 unspecified atom stereocenters. The number of hydrogen-bond donors (Lipinski definition) is 2. The second-order valence-corrected chi connectivity index (χ2v) is 6.08. The molecule has 2 aromatic rings. The molecule has 0 fully saturated rings. The maximum Gasteiger partial charge on any atom is 0.271 e. The van der Waals surface area contributed by atoms with E-state index in [1.807, 2.05) is 19.0 Å². The number of likely N-dealkylation sites (N-methyl/N-ethyl adjacent to an activating group) is 1. The summed E-state index contributed by atoms with van der Waals surface area (Å²) in [5, 5.41) is 14.3. The van der Waals surface area contributed by atoms with Crippen molar-refractivity contribution in [3.8, 4) is 11.5 Å². The number of nitrogens with one attached hydrogen (secondary N) is 2. The summed E-state index contributed by atoms with van der Waals surface area (Å²) in [6.07, 6.45) is 0. The zero-order valence-electron chi connectivity index (χ0n) is 15.2. The van der Waals surface area contributed by atoms with Gasteiger partial charge in [0.1, 0.15) is 11.5 Å². The predicted octanol–water partition coefficient (Wildman–Crippen LogP) is 2.18. The van der Waals surface area contributed by atoms with Crippen molar-refractivity contribution in [2.75, 3.05) is 46.7 Å². The molecule has 1 aromatic carbocycles. The number of benzene rings is 1. The molecular formula is C17H22ClN5O3. The van der Waals surface area contributed by atoms with E-state index < -0.39 is 0 Å². The highest BCUT2D eigenvalue weighted by Crippen LogP contribution is 2.36. The molecular weight excluding hydrogens is 358 g/mol. The van der Waals surface area contributed by atoms with Crippen LogP contribution < -0.4 is 20.1 Å². The molecule has 0 aliphatic heterocycles. The Morgan fingerprint density at radius 3 is 2.46 bits per heavy atom. The molecule has 0 radical (unpaired) electrons. The van der Waals surface area contributed by atoms with E-state index in [2.05, 4.69) is 20.8 Å². The molecule has 140 valence electrons. The van der Waals surface area contributed by atoms with Crippen LogP contribution in [0.25, 0.3) is 0 Å². The topological polar surface area (TPSA) is 88.6 Å². The van der Waals surface area contributed by atoms with E-state index in [0.29, 0.717) is 34.6 Å². The highest BCUT2D eigenvalue weighted by Gasteiger charge is 2.12. The second-order valence-electron chi connectivity index (χ2n) is 5.68. The Labute approximate surface area is 157 Å². The number of halogens is 1. The fourth-order valence-corrected chi connectivity index (χ4v) is 2.33. The third kappa shape index (κ3) is 5.21. The van der Waals surface area contributed by atoms with Crippen molar-refractivity contribution in [1.29, 1.82) is 0 Å². The van der Waals surface area contributed by atoms with Crippen LogP contribution in [0.1, 0.15) is 10.5 Å². The van der Waals surface area contributed by atoms with Gasteiger partial charge >= 0.3 is 0 Å². The Hall–Kier alpha value is -2.58. The van der Waals surface area contributed by atoms with Crippen LogP contribution in [-0.4, -0.2) is 62.4 Å². The van der Waals surface area contributed by atoms with Crippen LogP contribution in [0, 0.1) is 0 Å². The van der Waals surface area contributed by atoms with E-state index in [4.69, 9.17) is 21.1 Å².